The van der Waals surface area contributed by atoms with Crippen LogP contribution >= 0.6 is 0 Å². The molecule has 0 radical (unpaired) electrons. The fraction of sp³-hybridized carbons (Fsp3) is 0.409. The minimum Gasteiger partial charge on any atom is -0.491 e. The first-order chi connectivity index (χ1) is 14.9. The molecule has 0 aliphatic carbocycles. The predicted octanol–water partition coefficient (Wildman–Crippen LogP) is 2.64. The van der Waals surface area contributed by atoms with Gasteiger partial charge in [-0.3, -0.25) is 14.4 Å². The number of methoxy groups -OCH3 is 1. The lowest BCUT2D eigenvalue weighted by atomic mass is 9.99. The molecule has 0 spiro atoms. The van der Waals surface area contributed by atoms with Crippen molar-refractivity contribution in [3.63, 3.8) is 0 Å². The molecule has 2 amide bonds. The van der Waals surface area contributed by atoms with Gasteiger partial charge in [0.05, 0.1) is 13.2 Å². The van der Waals surface area contributed by atoms with Crippen molar-refractivity contribution in [1.82, 2.24) is 14.8 Å². The molecule has 1 fully saturated rings. The molecule has 1 N–H and O–H groups in total. The first kappa shape index (κ1) is 21.0. The van der Waals surface area contributed by atoms with Crippen molar-refractivity contribution < 1.29 is 23.1 Å². The van der Waals surface area contributed by atoms with E-state index in [-0.39, 0.29) is 41.1 Å². The maximum absolute atomic E-state index is 13.9. The van der Waals surface area contributed by atoms with E-state index in [1.807, 2.05) is 0 Å². The van der Waals surface area contributed by atoms with Gasteiger partial charge in [-0.15, -0.1) is 0 Å². The Morgan fingerprint density at radius 1 is 1.23 bits per heavy atom. The Balaban J connectivity index is 1.69. The van der Waals surface area contributed by atoms with Gasteiger partial charge in [0.2, 0.25) is 5.43 Å². The second kappa shape index (κ2) is 8.49. The highest BCUT2D eigenvalue weighted by molar-refractivity contribution is 5.99. The van der Waals surface area contributed by atoms with E-state index in [1.54, 1.807) is 9.47 Å². The molecule has 2 aliphatic rings. The van der Waals surface area contributed by atoms with Crippen molar-refractivity contribution in [2.45, 2.75) is 38.3 Å². The minimum absolute atomic E-state index is 0.0661. The van der Waals surface area contributed by atoms with Crippen molar-refractivity contribution >= 4 is 11.8 Å². The van der Waals surface area contributed by atoms with Gasteiger partial charge in [0, 0.05) is 37.5 Å². The maximum atomic E-state index is 13.9. The lowest BCUT2D eigenvalue weighted by Gasteiger charge is -2.38. The molecule has 2 aromatic rings. The van der Waals surface area contributed by atoms with E-state index in [0.717, 1.165) is 37.8 Å². The number of pyridine rings is 1. The fourth-order valence-corrected chi connectivity index (χ4v) is 4.25. The molecule has 7 nitrogen and oxygen atoms in total. The van der Waals surface area contributed by atoms with Gasteiger partial charge >= 0.3 is 0 Å². The molecule has 1 aromatic carbocycles. The van der Waals surface area contributed by atoms with Crippen LogP contribution in [0.1, 0.15) is 58.1 Å². The predicted molar refractivity (Wildman–Crippen MR) is 108 cm³/mol. The summed E-state index contributed by atoms with van der Waals surface area (Å²) in [7, 11) is 1.29. The average molecular weight is 431 g/mol. The molecule has 3 heterocycles. The van der Waals surface area contributed by atoms with Crippen molar-refractivity contribution in [2.75, 3.05) is 20.2 Å². The molecule has 9 heteroatoms. The van der Waals surface area contributed by atoms with E-state index in [2.05, 4.69) is 5.32 Å². The number of hydrogen-bond donors (Lipinski definition) is 1. The number of benzene rings is 1. The SMILES string of the molecule is COc1c2n(cc(C(=O)NCc3ccc(F)cc3F)c1=O)C1CCCCCN(C1)C2=O. The number of rotatable bonds is 4. The number of nitrogens with zero attached hydrogens (tertiary/aromatic N) is 2. The Bertz CT molecular complexity index is 1100. The molecule has 4 rings (SSSR count). The molecule has 31 heavy (non-hydrogen) atoms. The summed E-state index contributed by atoms with van der Waals surface area (Å²) in [6, 6.07) is 2.98. The molecule has 2 bridgehead atoms. The topological polar surface area (TPSA) is 80.6 Å². The average Bonchev–Trinajstić information content (AvgIpc) is 2.72. The van der Waals surface area contributed by atoms with Gasteiger partial charge in [0.15, 0.2) is 11.4 Å². The zero-order chi connectivity index (χ0) is 22.1. The van der Waals surface area contributed by atoms with Crippen LogP contribution < -0.4 is 15.5 Å². The maximum Gasteiger partial charge on any atom is 0.274 e. The van der Waals surface area contributed by atoms with Gasteiger partial charge in [0.25, 0.3) is 11.8 Å². The van der Waals surface area contributed by atoms with Crippen LogP contribution in [-0.2, 0) is 6.54 Å². The van der Waals surface area contributed by atoms with E-state index < -0.39 is 23.0 Å². The highest BCUT2D eigenvalue weighted by Gasteiger charge is 2.36. The lowest BCUT2D eigenvalue weighted by Crippen LogP contribution is -2.46. The highest BCUT2D eigenvalue weighted by Crippen LogP contribution is 2.31. The Hall–Kier alpha value is -3.23. The zero-order valence-electron chi connectivity index (χ0n) is 17.1. The smallest absolute Gasteiger partial charge is 0.274 e. The Morgan fingerprint density at radius 2 is 2.03 bits per heavy atom. The monoisotopic (exact) mass is 431 g/mol. The van der Waals surface area contributed by atoms with E-state index in [9.17, 15) is 23.2 Å². The number of carbonyl (C=O) groups is 2. The zero-order valence-corrected chi connectivity index (χ0v) is 17.1. The summed E-state index contributed by atoms with van der Waals surface area (Å²) in [5.41, 5.74) is -0.638. The van der Waals surface area contributed by atoms with Gasteiger partial charge in [-0.2, -0.15) is 0 Å². The number of aromatic nitrogens is 1. The first-order valence-corrected chi connectivity index (χ1v) is 10.2. The van der Waals surface area contributed by atoms with Crippen LogP contribution in [0.5, 0.6) is 5.75 Å². The lowest BCUT2D eigenvalue weighted by molar-refractivity contribution is 0.0631. The van der Waals surface area contributed by atoms with E-state index in [0.29, 0.717) is 13.1 Å². The summed E-state index contributed by atoms with van der Waals surface area (Å²) in [4.78, 5) is 40.5. The van der Waals surface area contributed by atoms with Crippen LogP contribution in [0.25, 0.3) is 0 Å². The molecule has 1 aromatic heterocycles. The van der Waals surface area contributed by atoms with Crippen LogP contribution in [0, 0.1) is 11.6 Å². The van der Waals surface area contributed by atoms with Crippen molar-refractivity contribution in [3.05, 3.63) is 63.1 Å². The number of nitrogens with one attached hydrogen (secondary N) is 1. The van der Waals surface area contributed by atoms with Crippen LogP contribution in [0.2, 0.25) is 0 Å². The Labute approximate surface area is 177 Å². The summed E-state index contributed by atoms with van der Waals surface area (Å²) in [6.45, 7) is 0.919. The minimum atomic E-state index is -0.791. The van der Waals surface area contributed by atoms with Gasteiger partial charge in [-0.25, -0.2) is 8.78 Å². The molecule has 1 saturated heterocycles. The van der Waals surface area contributed by atoms with Gasteiger partial charge in [0.1, 0.15) is 17.2 Å². The summed E-state index contributed by atoms with van der Waals surface area (Å²) >= 11 is 0. The van der Waals surface area contributed by atoms with Crippen LogP contribution in [0.4, 0.5) is 8.78 Å². The summed E-state index contributed by atoms with van der Waals surface area (Å²) < 4.78 is 33.9. The molecule has 0 saturated carbocycles. The van der Waals surface area contributed by atoms with E-state index in [4.69, 9.17) is 4.74 Å². The second-order valence-corrected chi connectivity index (χ2v) is 7.83. The summed E-state index contributed by atoms with van der Waals surface area (Å²) in [5, 5.41) is 2.50. The van der Waals surface area contributed by atoms with Crippen LogP contribution in [0.15, 0.2) is 29.2 Å². The fourth-order valence-electron chi connectivity index (χ4n) is 4.25. The number of hydrogen-bond acceptors (Lipinski definition) is 4. The second-order valence-electron chi connectivity index (χ2n) is 7.83. The Kier molecular flexibility index (Phi) is 5.75. The molecule has 1 unspecified atom stereocenters. The summed E-state index contributed by atoms with van der Waals surface area (Å²) in [5.74, 6) is -2.68. The highest BCUT2D eigenvalue weighted by atomic mass is 19.1. The largest absolute Gasteiger partial charge is 0.491 e. The number of ether oxygens (including phenoxy) is 1. The van der Waals surface area contributed by atoms with Crippen molar-refractivity contribution in [3.8, 4) is 5.75 Å². The standard InChI is InChI=1S/C22H23F2N3O4/c1-31-20-18-22(30)26-8-4-2-3-5-15(11-26)27(18)12-16(19(20)28)21(29)25-10-13-6-7-14(23)9-17(13)24/h6-7,9,12,15H,2-5,8,10-11H2,1H3,(H,25,29). The molecule has 164 valence electrons. The van der Waals surface area contributed by atoms with Crippen LogP contribution in [-0.4, -0.2) is 41.5 Å². The van der Waals surface area contributed by atoms with Crippen LogP contribution in [0.3, 0.4) is 0 Å². The third-order valence-corrected chi connectivity index (χ3v) is 5.88. The van der Waals surface area contributed by atoms with Gasteiger partial charge in [-0.1, -0.05) is 18.9 Å². The first-order valence-electron chi connectivity index (χ1n) is 10.2. The Morgan fingerprint density at radius 3 is 2.77 bits per heavy atom. The van der Waals surface area contributed by atoms with E-state index in [1.165, 1.54) is 19.4 Å². The number of carbonyl (C=O) groups excluding carboxylic acids is 2. The quantitative estimate of drug-likeness (QED) is 0.807. The number of fused-ring (bicyclic) bond motifs is 4. The molecule has 1 atom stereocenters. The summed E-state index contributed by atoms with van der Waals surface area (Å²) in [6.07, 6.45) is 5.10. The molecular formula is C22H23F2N3O4. The van der Waals surface area contributed by atoms with Crippen molar-refractivity contribution in [1.29, 1.82) is 0 Å². The third kappa shape index (κ3) is 3.92. The van der Waals surface area contributed by atoms with Gasteiger partial charge in [-0.05, 0) is 18.9 Å². The number of halogens is 2. The van der Waals surface area contributed by atoms with E-state index >= 15 is 0 Å². The van der Waals surface area contributed by atoms with Crippen molar-refractivity contribution in [2.24, 2.45) is 0 Å². The molecule has 2 aliphatic heterocycles. The van der Waals surface area contributed by atoms with Gasteiger partial charge < -0.3 is 19.5 Å². The number of amides is 2. The molecular weight excluding hydrogens is 408 g/mol. The third-order valence-electron chi connectivity index (χ3n) is 5.88. The normalized spacial score (nSPS) is 18.1.